The van der Waals surface area contributed by atoms with E-state index in [0.717, 1.165) is 23.8 Å². The van der Waals surface area contributed by atoms with Gasteiger partial charge in [0.2, 0.25) is 0 Å². The smallest absolute Gasteiger partial charge is 0.183 e. The molecule has 0 aliphatic carbocycles. The monoisotopic (exact) mass is 264 g/mol. The molecule has 1 N–H and O–H groups in total. The molecule has 17 heavy (non-hydrogen) atoms. The Bertz CT molecular complexity index is 463. The molecule has 2 nitrogen and oxygen atoms in total. The minimum absolute atomic E-state index is 0.984. The van der Waals surface area contributed by atoms with Gasteiger partial charge >= 0.3 is 0 Å². The number of thiazole rings is 1. The van der Waals surface area contributed by atoms with E-state index < -0.39 is 0 Å². The van der Waals surface area contributed by atoms with Gasteiger partial charge in [0.1, 0.15) is 0 Å². The van der Waals surface area contributed by atoms with Gasteiger partial charge in [0.05, 0.1) is 5.69 Å². The topological polar surface area (TPSA) is 24.9 Å². The van der Waals surface area contributed by atoms with Crippen molar-refractivity contribution in [3.8, 4) is 11.3 Å². The number of nitrogens with zero attached hydrogens (tertiary/aromatic N) is 1. The molecule has 0 radical (unpaired) electrons. The van der Waals surface area contributed by atoms with Gasteiger partial charge in [-0.05, 0) is 24.8 Å². The third kappa shape index (κ3) is 3.23. The van der Waals surface area contributed by atoms with Crippen LogP contribution in [-0.4, -0.2) is 17.8 Å². The first kappa shape index (κ1) is 12.5. The molecular formula is C13H16N2S2. The van der Waals surface area contributed by atoms with Crippen LogP contribution in [0.4, 0.5) is 5.13 Å². The molecule has 2 rings (SSSR count). The summed E-state index contributed by atoms with van der Waals surface area (Å²) in [5.74, 6) is 0. The Morgan fingerprint density at radius 3 is 2.71 bits per heavy atom. The molecule has 2 aromatic rings. The zero-order chi connectivity index (χ0) is 12.1. The summed E-state index contributed by atoms with van der Waals surface area (Å²) in [7, 11) is 0. The van der Waals surface area contributed by atoms with Crippen LogP contribution < -0.4 is 5.32 Å². The van der Waals surface area contributed by atoms with Gasteiger partial charge in [-0.25, -0.2) is 4.98 Å². The van der Waals surface area contributed by atoms with Gasteiger partial charge in [-0.15, -0.1) is 23.1 Å². The maximum absolute atomic E-state index is 4.57. The first-order valence-corrected chi connectivity index (χ1v) is 7.77. The zero-order valence-electron chi connectivity index (χ0n) is 10.1. The van der Waals surface area contributed by atoms with Crippen molar-refractivity contribution in [3.05, 3.63) is 29.6 Å². The Morgan fingerprint density at radius 1 is 1.29 bits per heavy atom. The fourth-order valence-corrected chi connectivity index (χ4v) is 2.64. The van der Waals surface area contributed by atoms with Crippen LogP contribution in [0.3, 0.4) is 0 Å². The van der Waals surface area contributed by atoms with Crippen molar-refractivity contribution in [1.29, 1.82) is 0 Å². The molecule has 0 aliphatic rings. The Labute approximate surface area is 110 Å². The number of nitrogens with one attached hydrogen (secondary N) is 1. The summed E-state index contributed by atoms with van der Waals surface area (Å²) in [6, 6.07) is 8.53. The molecule has 0 saturated carbocycles. The van der Waals surface area contributed by atoms with E-state index in [1.165, 1.54) is 10.5 Å². The van der Waals surface area contributed by atoms with Crippen molar-refractivity contribution in [3.63, 3.8) is 0 Å². The van der Waals surface area contributed by atoms with Crippen molar-refractivity contribution in [2.75, 3.05) is 18.1 Å². The zero-order valence-corrected chi connectivity index (χ0v) is 11.7. The molecule has 0 bridgehead atoms. The SMILES string of the molecule is CCCNc1nc(-c2ccc(SC)cc2)cs1. The van der Waals surface area contributed by atoms with E-state index in [9.17, 15) is 0 Å². The molecular weight excluding hydrogens is 248 g/mol. The summed E-state index contributed by atoms with van der Waals surface area (Å²) >= 11 is 3.43. The van der Waals surface area contributed by atoms with Crippen LogP contribution in [0, 0.1) is 0 Å². The van der Waals surface area contributed by atoms with Crippen LogP contribution in [0.5, 0.6) is 0 Å². The van der Waals surface area contributed by atoms with E-state index in [2.05, 4.69) is 53.1 Å². The van der Waals surface area contributed by atoms with Gasteiger partial charge in [0, 0.05) is 22.4 Å². The number of hydrogen-bond acceptors (Lipinski definition) is 4. The summed E-state index contributed by atoms with van der Waals surface area (Å²) in [5.41, 5.74) is 2.24. The lowest BCUT2D eigenvalue weighted by atomic mass is 10.2. The summed E-state index contributed by atoms with van der Waals surface area (Å²) < 4.78 is 0. The standard InChI is InChI=1S/C13H16N2S2/c1-3-8-14-13-15-12(9-17-13)10-4-6-11(16-2)7-5-10/h4-7,9H,3,8H2,1-2H3,(H,14,15). The first-order chi connectivity index (χ1) is 8.33. The molecule has 0 aliphatic heterocycles. The van der Waals surface area contributed by atoms with Crippen LogP contribution in [0.1, 0.15) is 13.3 Å². The average Bonchev–Trinajstić information content (AvgIpc) is 2.85. The highest BCUT2D eigenvalue weighted by atomic mass is 32.2. The summed E-state index contributed by atoms with van der Waals surface area (Å²) in [4.78, 5) is 5.86. The number of benzene rings is 1. The second-order valence-corrected chi connectivity index (χ2v) is 5.43. The maximum Gasteiger partial charge on any atom is 0.183 e. The predicted molar refractivity (Wildman–Crippen MR) is 78.1 cm³/mol. The van der Waals surface area contributed by atoms with Crippen LogP contribution in [0.2, 0.25) is 0 Å². The van der Waals surface area contributed by atoms with Crippen LogP contribution in [-0.2, 0) is 0 Å². The second-order valence-electron chi connectivity index (χ2n) is 3.69. The van der Waals surface area contributed by atoms with Crippen molar-refractivity contribution < 1.29 is 0 Å². The van der Waals surface area contributed by atoms with E-state index in [-0.39, 0.29) is 0 Å². The van der Waals surface area contributed by atoms with E-state index in [0.29, 0.717) is 0 Å². The molecule has 1 aromatic carbocycles. The largest absolute Gasteiger partial charge is 0.362 e. The van der Waals surface area contributed by atoms with E-state index in [1.54, 1.807) is 23.1 Å². The summed E-state index contributed by atoms with van der Waals surface area (Å²) in [6.07, 6.45) is 3.21. The van der Waals surface area contributed by atoms with Gasteiger partial charge in [-0.1, -0.05) is 19.1 Å². The van der Waals surface area contributed by atoms with Gasteiger partial charge in [0.25, 0.3) is 0 Å². The lowest BCUT2D eigenvalue weighted by molar-refractivity contribution is 0.976. The van der Waals surface area contributed by atoms with Gasteiger partial charge in [-0.3, -0.25) is 0 Å². The summed E-state index contributed by atoms with van der Waals surface area (Å²) in [5, 5.41) is 6.42. The lowest BCUT2D eigenvalue weighted by Gasteiger charge is -1.99. The molecule has 1 heterocycles. The molecule has 0 amide bonds. The van der Waals surface area contributed by atoms with Crippen molar-refractivity contribution in [2.24, 2.45) is 0 Å². The third-order valence-electron chi connectivity index (χ3n) is 2.42. The highest BCUT2D eigenvalue weighted by Gasteiger charge is 2.03. The highest BCUT2D eigenvalue weighted by Crippen LogP contribution is 2.26. The van der Waals surface area contributed by atoms with Crippen LogP contribution in [0.25, 0.3) is 11.3 Å². The molecule has 0 spiro atoms. The van der Waals surface area contributed by atoms with Crippen molar-refractivity contribution in [2.45, 2.75) is 18.2 Å². The fraction of sp³-hybridized carbons (Fsp3) is 0.308. The molecule has 0 saturated heterocycles. The van der Waals surface area contributed by atoms with Crippen LogP contribution in [0.15, 0.2) is 34.5 Å². The molecule has 4 heteroatoms. The van der Waals surface area contributed by atoms with Gasteiger partial charge in [-0.2, -0.15) is 0 Å². The Kier molecular flexibility index (Phi) is 4.45. The van der Waals surface area contributed by atoms with E-state index in [4.69, 9.17) is 0 Å². The van der Waals surface area contributed by atoms with Crippen LogP contribution >= 0.6 is 23.1 Å². The predicted octanol–water partition coefficient (Wildman–Crippen LogP) is 4.35. The molecule has 90 valence electrons. The minimum Gasteiger partial charge on any atom is -0.362 e. The second kappa shape index (κ2) is 6.07. The normalized spacial score (nSPS) is 10.5. The number of anilines is 1. The number of hydrogen-bond donors (Lipinski definition) is 1. The number of rotatable bonds is 5. The first-order valence-electron chi connectivity index (χ1n) is 5.67. The minimum atomic E-state index is 0.984. The summed E-state index contributed by atoms with van der Waals surface area (Å²) in [6.45, 7) is 3.14. The van der Waals surface area contributed by atoms with Gasteiger partial charge < -0.3 is 5.32 Å². The molecule has 0 fully saturated rings. The number of aromatic nitrogens is 1. The Hall–Kier alpha value is -1.00. The average molecular weight is 264 g/mol. The Balaban J connectivity index is 2.12. The Morgan fingerprint density at radius 2 is 2.06 bits per heavy atom. The molecule has 0 atom stereocenters. The molecule has 1 aromatic heterocycles. The maximum atomic E-state index is 4.57. The lowest BCUT2D eigenvalue weighted by Crippen LogP contribution is -1.98. The van der Waals surface area contributed by atoms with E-state index in [1.807, 2.05) is 0 Å². The molecule has 0 unspecified atom stereocenters. The van der Waals surface area contributed by atoms with Crippen molar-refractivity contribution >= 4 is 28.2 Å². The fourth-order valence-electron chi connectivity index (χ4n) is 1.48. The third-order valence-corrected chi connectivity index (χ3v) is 3.96. The van der Waals surface area contributed by atoms with E-state index >= 15 is 0 Å². The quantitative estimate of drug-likeness (QED) is 0.812. The van der Waals surface area contributed by atoms with Crippen molar-refractivity contribution in [1.82, 2.24) is 4.98 Å². The van der Waals surface area contributed by atoms with Gasteiger partial charge in [0.15, 0.2) is 5.13 Å². The highest BCUT2D eigenvalue weighted by molar-refractivity contribution is 7.98. The number of thioether (sulfide) groups is 1.